The van der Waals surface area contributed by atoms with Crippen molar-refractivity contribution >= 4 is 0 Å². The van der Waals surface area contributed by atoms with Gasteiger partial charge in [-0.1, -0.05) is 0 Å². The summed E-state index contributed by atoms with van der Waals surface area (Å²) in [5, 5.41) is 0. The Hall–Kier alpha value is -0.940. The van der Waals surface area contributed by atoms with Crippen LogP contribution in [-0.2, 0) is 0 Å². The van der Waals surface area contributed by atoms with E-state index in [0.29, 0.717) is 5.69 Å². The number of H-pyrrole nitrogens is 1. The summed E-state index contributed by atoms with van der Waals surface area (Å²) in [6, 6.07) is 2.04. The summed E-state index contributed by atoms with van der Waals surface area (Å²) in [5.41, 5.74) is 2.44. The third-order valence-electron chi connectivity index (χ3n) is 1.61. The number of halogens is 2. The number of nitrogens with two attached hydrogens (primary N) is 1. The molecule has 0 fully saturated rings. The van der Waals surface area contributed by atoms with Crippen molar-refractivity contribution in [1.82, 2.24) is 10.4 Å². The second-order valence-corrected chi connectivity index (χ2v) is 2.68. The van der Waals surface area contributed by atoms with Crippen molar-refractivity contribution in [2.45, 2.75) is 18.9 Å². The molecule has 0 radical (unpaired) electrons. The highest BCUT2D eigenvalue weighted by Gasteiger charge is 2.35. The summed E-state index contributed by atoms with van der Waals surface area (Å²) in [6.07, 6.45) is 1.57. The van der Waals surface area contributed by atoms with Gasteiger partial charge in [-0.15, -0.1) is 0 Å². The number of rotatable bonds is 3. The zero-order valence-electron chi connectivity index (χ0n) is 6.64. The van der Waals surface area contributed by atoms with Crippen LogP contribution in [0.3, 0.4) is 0 Å². The first-order valence-corrected chi connectivity index (χ1v) is 3.53. The fraction of sp³-hybridized carbons (Fsp3) is 0.429. The lowest BCUT2D eigenvalue weighted by Gasteiger charge is -2.21. The Balaban J connectivity index is 2.84. The van der Waals surface area contributed by atoms with Crippen LogP contribution in [0, 0.1) is 0 Å². The molecule has 1 aromatic rings. The van der Waals surface area contributed by atoms with Crippen LogP contribution >= 0.6 is 0 Å². The second-order valence-electron chi connectivity index (χ2n) is 2.68. The maximum Gasteiger partial charge on any atom is 0.267 e. The SMILES string of the molecule is CC(F)(F)C(NN)c1ccc[nH]1. The maximum atomic E-state index is 12.8. The monoisotopic (exact) mass is 175 g/mol. The molecule has 1 atom stereocenters. The molecule has 3 nitrogen and oxygen atoms in total. The van der Waals surface area contributed by atoms with Gasteiger partial charge in [0.25, 0.3) is 5.92 Å². The van der Waals surface area contributed by atoms with E-state index in [2.05, 4.69) is 10.4 Å². The molecule has 0 spiro atoms. The maximum absolute atomic E-state index is 12.8. The highest BCUT2D eigenvalue weighted by atomic mass is 19.3. The Morgan fingerprint density at radius 2 is 2.33 bits per heavy atom. The smallest absolute Gasteiger partial charge is 0.267 e. The molecule has 0 aromatic carbocycles. The van der Waals surface area contributed by atoms with E-state index < -0.39 is 12.0 Å². The van der Waals surface area contributed by atoms with Gasteiger partial charge in [-0.2, -0.15) is 0 Å². The number of nitrogens with one attached hydrogen (secondary N) is 2. The molecule has 4 N–H and O–H groups in total. The number of hydrogen-bond donors (Lipinski definition) is 3. The van der Waals surface area contributed by atoms with Gasteiger partial charge in [0.05, 0.1) is 0 Å². The van der Waals surface area contributed by atoms with Gasteiger partial charge in [0.15, 0.2) is 0 Å². The molecule has 1 aromatic heterocycles. The van der Waals surface area contributed by atoms with E-state index in [-0.39, 0.29) is 0 Å². The second kappa shape index (κ2) is 3.20. The molecule has 0 saturated carbocycles. The number of aromatic nitrogens is 1. The van der Waals surface area contributed by atoms with E-state index in [0.717, 1.165) is 6.92 Å². The molecule has 0 aliphatic rings. The lowest BCUT2D eigenvalue weighted by atomic mass is 10.1. The quantitative estimate of drug-likeness (QED) is 0.477. The third kappa shape index (κ3) is 1.80. The average Bonchev–Trinajstić information content (AvgIpc) is 2.38. The van der Waals surface area contributed by atoms with Crippen molar-refractivity contribution in [3.05, 3.63) is 24.0 Å². The van der Waals surface area contributed by atoms with Crippen LogP contribution in [0.4, 0.5) is 8.78 Å². The van der Waals surface area contributed by atoms with E-state index in [9.17, 15) is 8.78 Å². The molecule has 0 amide bonds. The molecular weight excluding hydrogens is 164 g/mol. The van der Waals surface area contributed by atoms with Gasteiger partial charge in [0.2, 0.25) is 0 Å². The molecule has 0 saturated heterocycles. The molecule has 68 valence electrons. The summed E-state index contributed by atoms with van der Waals surface area (Å²) in [4.78, 5) is 2.67. The zero-order valence-corrected chi connectivity index (χ0v) is 6.64. The Morgan fingerprint density at radius 3 is 2.67 bits per heavy atom. The molecule has 1 unspecified atom stereocenters. The first kappa shape index (κ1) is 9.15. The van der Waals surface area contributed by atoms with Crippen LogP contribution in [0.15, 0.2) is 18.3 Å². The van der Waals surface area contributed by atoms with E-state index in [1.807, 2.05) is 0 Å². The minimum Gasteiger partial charge on any atom is -0.363 e. The summed E-state index contributed by atoms with van der Waals surface area (Å²) in [6.45, 7) is 0.818. The fourth-order valence-corrected chi connectivity index (χ4v) is 1.03. The van der Waals surface area contributed by atoms with Crippen LogP contribution in [0.1, 0.15) is 18.7 Å². The number of hydrazine groups is 1. The Morgan fingerprint density at radius 1 is 1.67 bits per heavy atom. The first-order chi connectivity index (χ1) is 5.55. The molecule has 0 aliphatic carbocycles. The van der Waals surface area contributed by atoms with Gasteiger partial charge in [0, 0.05) is 18.8 Å². The van der Waals surface area contributed by atoms with Crippen molar-refractivity contribution in [3.8, 4) is 0 Å². The summed E-state index contributed by atoms with van der Waals surface area (Å²) in [7, 11) is 0. The van der Waals surface area contributed by atoms with Gasteiger partial charge in [0.1, 0.15) is 6.04 Å². The van der Waals surface area contributed by atoms with Crippen molar-refractivity contribution < 1.29 is 8.78 Å². The highest BCUT2D eigenvalue weighted by Crippen LogP contribution is 2.28. The van der Waals surface area contributed by atoms with Crippen LogP contribution < -0.4 is 11.3 Å². The van der Waals surface area contributed by atoms with E-state index in [4.69, 9.17) is 5.84 Å². The minimum atomic E-state index is -2.88. The van der Waals surface area contributed by atoms with Crippen LogP contribution in [0.2, 0.25) is 0 Å². The number of hydrogen-bond acceptors (Lipinski definition) is 2. The van der Waals surface area contributed by atoms with Crippen LogP contribution in [-0.4, -0.2) is 10.9 Å². The normalized spacial score (nSPS) is 14.7. The predicted octanol–water partition coefficient (Wildman–Crippen LogP) is 1.17. The summed E-state index contributed by atoms with van der Waals surface area (Å²) in [5.74, 6) is 2.12. The van der Waals surface area contributed by atoms with Gasteiger partial charge in [-0.25, -0.2) is 14.2 Å². The van der Waals surface area contributed by atoms with Gasteiger partial charge >= 0.3 is 0 Å². The molecular formula is C7H11F2N3. The molecule has 1 heterocycles. The highest BCUT2D eigenvalue weighted by molar-refractivity contribution is 5.11. The van der Waals surface area contributed by atoms with E-state index in [1.165, 1.54) is 0 Å². The van der Waals surface area contributed by atoms with Gasteiger partial charge in [-0.05, 0) is 12.1 Å². The van der Waals surface area contributed by atoms with Gasteiger partial charge < -0.3 is 4.98 Å². The number of aromatic amines is 1. The largest absolute Gasteiger partial charge is 0.363 e. The first-order valence-electron chi connectivity index (χ1n) is 3.53. The Bertz CT molecular complexity index is 227. The summed E-state index contributed by atoms with van der Waals surface area (Å²) >= 11 is 0. The molecule has 1 rings (SSSR count). The van der Waals surface area contributed by atoms with E-state index >= 15 is 0 Å². The molecule has 0 aliphatic heterocycles. The molecule has 0 bridgehead atoms. The van der Waals surface area contributed by atoms with Crippen molar-refractivity contribution in [2.24, 2.45) is 5.84 Å². The Labute approximate surface area is 68.9 Å². The van der Waals surface area contributed by atoms with Gasteiger partial charge in [-0.3, -0.25) is 5.84 Å². The minimum absolute atomic E-state index is 0.380. The lowest BCUT2D eigenvalue weighted by molar-refractivity contribution is -0.0206. The van der Waals surface area contributed by atoms with Crippen molar-refractivity contribution in [2.75, 3.05) is 0 Å². The van der Waals surface area contributed by atoms with Crippen LogP contribution in [0.25, 0.3) is 0 Å². The standard InChI is InChI=1S/C7H11F2N3/c1-7(8,9)6(12-10)5-3-2-4-11-5/h2-4,6,11-12H,10H2,1H3. The van der Waals surface area contributed by atoms with E-state index in [1.54, 1.807) is 18.3 Å². The van der Waals surface area contributed by atoms with Crippen molar-refractivity contribution in [1.29, 1.82) is 0 Å². The lowest BCUT2D eigenvalue weighted by Crippen LogP contribution is -2.39. The number of alkyl halides is 2. The molecule has 12 heavy (non-hydrogen) atoms. The van der Waals surface area contributed by atoms with Crippen LogP contribution in [0.5, 0.6) is 0 Å². The summed E-state index contributed by atoms with van der Waals surface area (Å²) < 4.78 is 25.6. The third-order valence-corrected chi connectivity index (χ3v) is 1.61. The Kier molecular flexibility index (Phi) is 2.44. The van der Waals surface area contributed by atoms with Crippen molar-refractivity contribution in [3.63, 3.8) is 0 Å². The predicted molar refractivity (Wildman–Crippen MR) is 41.5 cm³/mol. The molecule has 5 heteroatoms. The topological polar surface area (TPSA) is 53.8 Å². The fourth-order valence-electron chi connectivity index (χ4n) is 1.03. The zero-order chi connectivity index (χ0) is 9.19. The average molecular weight is 175 g/mol.